The number of benzene rings is 1. The summed E-state index contributed by atoms with van der Waals surface area (Å²) in [6.45, 7) is 3.69. The Morgan fingerprint density at radius 2 is 1.92 bits per heavy atom. The fourth-order valence-corrected chi connectivity index (χ4v) is 2.55. The molecule has 1 amide bonds. The lowest BCUT2D eigenvalue weighted by Gasteiger charge is -2.27. The molecule has 0 aromatic heterocycles. The molecule has 0 bridgehead atoms. The van der Waals surface area contributed by atoms with Crippen molar-refractivity contribution in [3.05, 3.63) is 42.0 Å². The number of hydrogen-bond donors (Lipinski definition) is 1. The predicted octanol–water partition coefficient (Wildman–Crippen LogP) is 3.83. The van der Waals surface area contributed by atoms with Crippen LogP contribution >= 0.6 is 0 Å². The zero-order valence-electron chi connectivity index (χ0n) is 13.7. The van der Waals surface area contributed by atoms with Crippen molar-refractivity contribution in [3.8, 4) is 0 Å². The molecule has 0 saturated heterocycles. The lowest BCUT2D eigenvalue weighted by Crippen LogP contribution is -2.36. The van der Waals surface area contributed by atoms with Crippen LogP contribution in [-0.2, 0) is 14.3 Å². The predicted molar refractivity (Wildman–Crippen MR) is 86.2 cm³/mol. The van der Waals surface area contributed by atoms with Crippen LogP contribution in [0.5, 0.6) is 0 Å². The van der Waals surface area contributed by atoms with Crippen molar-refractivity contribution in [1.82, 2.24) is 0 Å². The molecule has 0 unspecified atom stereocenters. The van der Waals surface area contributed by atoms with Crippen molar-refractivity contribution in [2.45, 2.75) is 39.2 Å². The molecule has 24 heavy (non-hydrogen) atoms. The Morgan fingerprint density at radius 1 is 1.25 bits per heavy atom. The lowest BCUT2D eigenvalue weighted by atomic mass is 9.82. The fraction of sp³-hybridized carbons (Fsp3) is 0.444. The van der Waals surface area contributed by atoms with E-state index in [1.807, 2.05) is 19.1 Å². The fourth-order valence-electron chi connectivity index (χ4n) is 2.55. The monoisotopic (exact) mass is 337 g/mol. The first kappa shape index (κ1) is 18.1. The van der Waals surface area contributed by atoms with E-state index in [1.165, 1.54) is 0 Å². The minimum absolute atomic E-state index is 0.106. The average Bonchev–Trinajstić information content (AvgIpc) is 2.57. The molecule has 0 radical (unpaired) electrons. The number of halogens is 2. The minimum Gasteiger partial charge on any atom is -0.462 e. The maximum Gasteiger partial charge on any atom is 0.310 e. The molecule has 1 aromatic carbocycles. The van der Waals surface area contributed by atoms with Crippen molar-refractivity contribution >= 4 is 17.6 Å². The number of rotatable bonds is 5. The molecule has 0 spiro atoms. The molecule has 1 aliphatic carbocycles. The maximum atomic E-state index is 13.7. The minimum atomic E-state index is -0.853. The highest BCUT2D eigenvalue weighted by Gasteiger charge is 2.36. The molecule has 1 aromatic rings. The first-order valence-corrected chi connectivity index (χ1v) is 8.03. The van der Waals surface area contributed by atoms with Gasteiger partial charge in [-0.25, -0.2) is 8.78 Å². The Bertz CT molecular complexity index is 645. The highest BCUT2D eigenvalue weighted by Crippen LogP contribution is 2.29. The number of esters is 1. The third-order valence-corrected chi connectivity index (χ3v) is 4.15. The third kappa shape index (κ3) is 4.40. The second-order valence-corrected chi connectivity index (χ2v) is 5.92. The summed E-state index contributed by atoms with van der Waals surface area (Å²) >= 11 is 0. The van der Waals surface area contributed by atoms with Gasteiger partial charge in [0.25, 0.3) is 0 Å². The van der Waals surface area contributed by atoms with Crippen molar-refractivity contribution < 1.29 is 23.1 Å². The first-order chi connectivity index (χ1) is 11.4. The number of allylic oxidation sites excluding steroid dienone is 2. The summed E-state index contributed by atoms with van der Waals surface area (Å²) in [5.41, 5.74) is -0.106. The van der Waals surface area contributed by atoms with Crippen LogP contribution in [-0.4, -0.2) is 18.0 Å². The molecule has 3 atom stereocenters. The molecular formula is C18H21F2NO3. The lowest BCUT2D eigenvalue weighted by molar-refractivity contribution is -0.157. The molecule has 0 aliphatic heterocycles. The van der Waals surface area contributed by atoms with Crippen LogP contribution in [0.1, 0.15) is 33.1 Å². The number of carbonyl (C=O) groups excluding carboxylic acids is 2. The molecule has 0 saturated carbocycles. The molecule has 4 nitrogen and oxygen atoms in total. The van der Waals surface area contributed by atoms with Gasteiger partial charge < -0.3 is 10.1 Å². The Balaban J connectivity index is 2.10. The number of ether oxygens (including phenoxy) is 1. The summed E-state index contributed by atoms with van der Waals surface area (Å²) in [6.07, 6.45) is 4.89. The van der Waals surface area contributed by atoms with Crippen LogP contribution in [0.15, 0.2) is 30.4 Å². The molecule has 1 aliphatic rings. The Labute approximate surface area is 139 Å². The first-order valence-electron chi connectivity index (χ1n) is 8.03. The van der Waals surface area contributed by atoms with Crippen LogP contribution in [0.25, 0.3) is 0 Å². The van der Waals surface area contributed by atoms with E-state index < -0.39 is 35.3 Å². The average molecular weight is 337 g/mol. The molecule has 0 fully saturated rings. The Kier molecular flexibility index (Phi) is 6.06. The van der Waals surface area contributed by atoms with Crippen molar-refractivity contribution in [2.24, 2.45) is 11.8 Å². The van der Waals surface area contributed by atoms with Gasteiger partial charge in [-0.2, -0.15) is 0 Å². The van der Waals surface area contributed by atoms with Crippen molar-refractivity contribution in [2.75, 3.05) is 5.32 Å². The molecule has 130 valence electrons. The largest absolute Gasteiger partial charge is 0.462 e. The van der Waals surface area contributed by atoms with Gasteiger partial charge in [-0.1, -0.05) is 19.1 Å². The van der Waals surface area contributed by atoms with E-state index in [2.05, 4.69) is 5.32 Å². The van der Waals surface area contributed by atoms with Gasteiger partial charge in [-0.05, 0) is 38.3 Å². The molecule has 6 heteroatoms. The summed E-state index contributed by atoms with van der Waals surface area (Å²) in [4.78, 5) is 24.7. The molecule has 1 N–H and O–H groups in total. The summed E-state index contributed by atoms with van der Waals surface area (Å²) < 4.78 is 32.0. The number of hydrogen-bond acceptors (Lipinski definition) is 3. The SMILES string of the molecule is CC[C@H](C)OC(=O)[C@@H]1CC=CC[C@@H]1C(=O)Nc1ccc(F)cc1F. The van der Waals surface area contributed by atoms with Gasteiger partial charge in [0, 0.05) is 6.07 Å². The van der Waals surface area contributed by atoms with Gasteiger partial charge in [0.15, 0.2) is 0 Å². The van der Waals surface area contributed by atoms with Crippen molar-refractivity contribution in [3.63, 3.8) is 0 Å². The molecule has 0 heterocycles. The van der Waals surface area contributed by atoms with E-state index >= 15 is 0 Å². The van der Waals surface area contributed by atoms with Gasteiger partial charge in [-0.15, -0.1) is 0 Å². The van der Waals surface area contributed by atoms with Crippen molar-refractivity contribution in [1.29, 1.82) is 0 Å². The second kappa shape index (κ2) is 8.04. The maximum absolute atomic E-state index is 13.7. The Hall–Kier alpha value is -2.24. The highest BCUT2D eigenvalue weighted by atomic mass is 19.1. The van der Waals surface area contributed by atoms with Gasteiger partial charge in [0.1, 0.15) is 11.6 Å². The van der Waals surface area contributed by atoms with E-state index in [0.717, 1.165) is 12.1 Å². The number of nitrogens with one attached hydrogen (secondary N) is 1. The molecule has 2 rings (SSSR count). The smallest absolute Gasteiger partial charge is 0.310 e. The van der Waals surface area contributed by atoms with Crippen LogP contribution in [0.3, 0.4) is 0 Å². The summed E-state index contributed by atoms with van der Waals surface area (Å²) in [5.74, 6) is -3.72. The van der Waals surface area contributed by atoms with Crippen LogP contribution in [0.4, 0.5) is 14.5 Å². The standard InChI is InChI=1S/C18H21F2NO3/c1-3-11(2)24-18(23)14-7-5-4-6-13(14)17(22)21-16-9-8-12(19)10-15(16)20/h4-5,8-11,13-14H,3,6-7H2,1-2H3,(H,21,22)/t11-,13-,14+/m0/s1. The van der Waals surface area contributed by atoms with Gasteiger partial charge in [-0.3, -0.25) is 9.59 Å². The topological polar surface area (TPSA) is 55.4 Å². The van der Waals surface area contributed by atoms with E-state index in [9.17, 15) is 18.4 Å². The second-order valence-electron chi connectivity index (χ2n) is 5.92. The van der Waals surface area contributed by atoms with Crippen LogP contribution < -0.4 is 5.32 Å². The van der Waals surface area contributed by atoms with E-state index in [0.29, 0.717) is 25.3 Å². The van der Waals surface area contributed by atoms with Gasteiger partial charge in [0.05, 0.1) is 23.6 Å². The Morgan fingerprint density at radius 3 is 2.54 bits per heavy atom. The molecular weight excluding hydrogens is 316 g/mol. The summed E-state index contributed by atoms with van der Waals surface area (Å²) in [6, 6.07) is 2.92. The zero-order valence-corrected chi connectivity index (χ0v) is 13.7. The van der Waals surface area contributed by atoms with E-state index in [4.69, 9.17) is 4.74 Å². The summed E-state index contributed by atoms with van der Waals surface area (Å²) in [7, 11) is 0. The number of carbonyl (C=O) groups is 2. The summed E-state index contributed by atoms with van der Waals surface area (Å²) in [5, 5.41) is 2.44. The normalized spacial score (nSPS) is 21.2. The van der Waals surface area contributed by atoms with Gasteiger partial charge in [0.2, 0.25) is 5.91 Å². The van der Waals surface area contributed by atoms with Gasteiger partial charge >= 0.3 is 5.97 Å². The van der Waals surface area contributed by atoms with Crippen LogP contribution in [0, 0.1) is 23.5 Å². The number of anilines is 1. The zero-order chi connectivity index (χ0) is 17.7. The highest BCUT2D eigenvalue weighted by molar-refractivity contribution is 5.95. The third-order valence-electron chi connectivity index (χ3n) is 4.15. The van der Waals surface area contributed by atoms with E-state index in [-0.39, 0.29) is 11.8 Å². The van der Waals surface area contributed by atoms with Crippen LogP contribution in [0.2, 0.25) is 0 Å². The quantitative estimate of drug-likeness (QED) is 0.656. The number of amides is 1. The van der Waals surface area contributed by atoms with E-state index in [1.54, 1.807) is 6.92 Å².